The minimum absolute atomic E-state index is 0.0992. The van der Waals surface area contributed by atoms with Crippen molar-refractivity contribution in [1.82, 2.24) is 9.47 Å². The Labute approximate surface area is 157 Å². The van der Waals surface area contributed by atoms with Crippen LogP contribution in [-0.2, 0) is 12.1 Å². The zero-order chi connectivity index (χ0) is 19.4. The number of ether oxygens (including phenoxy) is 1. The first kappa shape index (κ1) is 19.1. The molecule has 1 fully saturated rings. The van der Waals surface area contributed by atoms with E-state index in [0.29, 0.717) is 39.0 Å². The van der Waals surface area contributed by atoms with Gasteiger partial charge in [0.15, 0.2) is 0 Å². The molecule has 0 unspecified atom stereocenters. The quantitative estimate of drug-likeness (QED) is 0.799. The van der Waals surface area contributed by atoms with E-state index in [2.05, 4.69) is 4.90 Å². The number of likely N-dealkylation sites (tertiary alicyclic amines) is 1. The van der Waals surface area contributed by atoms with Crippen molar-refractivity contribution in [3.8, 4) is 5.75 Å². The van der Waals surface area contributed by atoms with Gasteiger partial charge in [0, 0.05) is 38.4 Å². The van der Waals surface area contributed by atoms with E-state index in [-0.39, 0.29) is 11.1 Å². The van der Waals surface area contributed by atoms with Crippen LogP contribution >= 0.6 is 0 Å². The van der Waals surface area contributed by atoms with Gasteiger partial charge in [-0.2, -0.15) is 0 Å². The number of nitrogens with zero attached hydrogens (tertiary/aromatic N) is 2. The highest BCUT2D eigenvalue weighted by molar-refractivity contribution is 5.87. The summed E-state index contributed by atoms with van der Waals surface area (Å²) in [5.41, 5.74) is -0.0924. The summed E-state index contributed by atoms with van der Waals surface area (Å²) >= 11 is 0. The van der Waals surface area contributed by atoms with Crippen LogP contribution in [-0.4, -0.2) is 52.4 Å². The molecule has 7 heteroatoms. The zero-order valence-electron chi connectivity index (χ0n) is 15.3. The maximum atomic E-state index is 11.9. The summed E-state index contributed by atoms with van der Waals surface area (Å²) in [5.74, 6) is -0.292. The lowest BCUT2D eigenvalue weighted by molar-refractivity contribution is -0.0264. The number of aromatic nitrogens is 1. The van der Waals surface area contributed by atoms with Crippen molar-refractivity contribution < 1.29 is 19.7 Å². The van der Waals surface area contributed by atoms with Crippen molar-refractivity contribution >= 4 is 5.97 Å². The molecule has 2 aromatic rings. The minimum Gasteiger partial charge on any atom is -0.497 e. The number of rotatable bonds is 6. The van der Waals surface area contributed by atoms with Gasteiger partial charge < -0.3 is 24.4 Å². The van der Waals surface area contributed by atoms with Gasteiger partial charge in [-0.1, -0.05) is 12.1 Å². The average molecular weight is 372 g/mol. The predicted octanol–water partition coefficient (Wildman–Crippen LogP) is 1.54. The lowest BCUT2D eigenvalue weighted by Gasteiger charge is -2.38. The van der Waals surface area contributed by atoms with E-state index in [4.69, 9.17) is 9.84 Å². The molecule has 3 rings (SSSR count). The number of hydrogen-bond donors (Lipinski definition) is 2. The summed E-state index contributed by atoms with van der Waals surface area (Å²) < 4.78 is 6.58. The van der Waals surface area contributed by atoms with Gasteiger partial charge >= 0.3 is 5.97 Å². The Morgan fingerprint density at radius 2 is 1.78 bits per heavy atom. The van der Waals surface area contributed by atoms with Crippen LogP contribution < -0.4 is 10.3 Å². The van der Waals surface area contributed by atoms with Crippen LogP contribution in [0, 0.1) is 0 Å². The number of piperidine rings is 1. The molecular weight excluding hydrogens is 348 g/mol. The molecule has 1 aliphatic rings. The Kier molecular flexibility index (Phi) is 5.62. The number of aromatic carboxylic acids is 1. The van der Waals surface area contributed by atoms with Gasteiger partial charge in [-0.15, -0.1) is 0 Å². The third kappa shape index (κ3) is 4.37. The molecule has 27 heavy (non-hydrogen) atoms. The Balaban J connectivity index is 1.59. The number of aliphatic hydroxyl groups is 1. The molecular formula is C20H24N2O5. The normalized spacial score (nSPS) is 16.8. The molecule has 0 bridgehead atoms. The topological polar surface area (TPSA) is 92.0 Å². The van der Waals surface area contributed by atoms with E-state index in [1.54, 1.807) is 7.11 Å². The van der Waals surface area contributed by atoms with Gasteiger partial charge in [-0.25, -0.2) is 4.79 Å². The van der Waals surface area contributed by atoms with Crippen LogP contribution in [0.4, 0.5) is 0 Å². The van der Waals surface area contributed by atoms with E-state index in [9.17, 15) is 14.7 Å². The van der Waals surface area contributed by atoms with E-state index in [0.717, 1.165) is 11.3 Å². The number of carboxylic acids is 1. The van der Waals surface area contributed by atoms with Crippen molar-refractivity contribution in [1.29, 1.82) is 0 Å². The van der Waals surface area contributed by atoms with E-state index in [1.807, 2.05) is 24.3 Å². The van der Waals surface area contributed by atoms with Crippen LogP contribution in [0.15, 0.2) is 47.4 Å². The van der Waals surface area contributed by atoms with Gasteiger partial charge in [0.05, 0.1) is 18.3 Å². The Morgan fingerprint density at radius 3 is 2.37 bits per heavy atom. The van der Waals surface area contributed by atoms with Crippen LogP contribution in [0.2, 0.25) is 0 Å². The molecule has 1 aromatic heterocycles. The molecule has 0 aliphatic carbocycles. The summed E-state index contributed by atoms with van der Waals surface area (Å²) in [7, 11) is 1.61. The second-order valence-electron chi connectivity index (χ2n) is 6.86. The van der Waals surface area contributed by atoms with Crippen LogP contribution in [0.1, 0.15) is 28.8 Å². The first-order valence-electron chi connectivity index (χ1n) is 8.94. The summed E-state index contributed by atoms with van der Waals surface area (Å²) in [6.45, 7) is 2.45. The van der Waals surface area contributed by atoms with Gasteiger partial charge in [0.1, 0.15) is 5.75 Å². The highest BCUT2D eigenvalue weighted by Crippen LogP contribution is 2.33. The first-order valence-corrected chi connectivity index (χ1v) is 8.94. The fraction of sp³-hybridized carbons (Fsp3) is 0.400. The molecule has 7 nitrogen and oxygen atoms in total. The zero-order valence-corrected chi connectivity index (χ0v) is 15.3. The van der Waals surface area contributed by atoms with Crippen LogP contribution in [0.5, 0.6) is 5.75 Å². The number of carbonyl (C=O) groups is 1. The van der Waals surface area contributed by atoms with Crippen molar-refractivity contribution in [2.75, 3.05) is 26.7 Å². The monoisotopic (exact) mass is 372 g/mol. The number of pyridine rings is 1. The molecule has 0 spiro atoms. The van der Waals surface area contributed by atoms with Gasteiger partial charge in [-0.05, 0) is 36.6 Å². The lowest BCUT2D eigenvalue weighted by atomic mass is 9.84. The van der Waals surface area contributed by atoms with Crippen LogP contribution in [0.3, 0.4) is 0 Å². The number of hydrogen-bond acceptors (Lipinski definition) is 5. The maximum Gasteiger partial charge on any atom is 0.337 e. The number of benzene rings is 1. The first-order chi connectivity index (χ1) is 12.9. The smallest absolute Gasteiger partial charge is 0.337 e. The summed E-state index contributed by atoms with van der Waals surface area (Å²) in [6.07, 6.45) is 2.58. The van der Waals surface area contributed by atoms with Crippen molar-refractivity contribution in [2.45, 2.75) is 25.0 Å². The fourth-order valence-electron chi connectivity index (χ4n) is 3.42. The second kappa shape index (κ2) is 7.94. The van der Waals surface area contributed by atoms with Gasteiger partial charge in [0.25, 0.3) is 5.56 Å². The van der Waals surface area contributed by atoms with Gasteiger partial charge in [-0.3, -0.25) is 4.79 Å². The van der Waals surface area contributed by atoms with Crippen molar-refractivity contribution in [3.63, 3.8) is 0 Å². The largest absolute Gasteiger partial charge is 0.497 e. The lowest BCUT2D eigenvalue weighted by Crippen LogP contribution is -2.44. The maximum absolute atomic E-state index is 11.9. The molecule has 1 saturated heterocycles. The number of carboxylic acid groups (broad SMARTS) is 1. The molecule has 144 valence electrons. The highest BCUT2D eigenvalue weighted by atomic mass is 16.5. The standard InChI is InChI=1S/C20H24N2O5/c1-27-17-5-3-16(4-6-17)20(26)8-10-21(11-9-20)12-13-22-14-15(19(24)25)2-7-18(22)23/h2-7,14,26H,8-13H2,1H3,(H,24,25). The second-order valence-corrected chi connectivity index (χ2v) is 6.86. The van der Waals surface area contributed by atoms with Gasteiger partial charge in [0.2, 0.25) is 0 Å². The third-order valence-corrected chi connectivity index (χ3v) is 5.20. The minimum atomic E-state index is -1.05. The average Bonchev–Trinajstić information content (AvgIpc) is 2.68. The summed E-state index contributed by atoms with van der Waals surface area (Å²) in [6, 6.07) is 10.1. The van der Waals surface area contributed by atoms with Crippen molar-refractivity contribution in [3.05, 3.63) is 64.1 Å². The van der Waals surface area contributed by atoms with Crippen molar-refractivity contribution in [2.24, 2.45) is 0 Å². The molecule has 0 saturated carbocycles. The van der Waals surface area contributed by atoms with E-state index >= 15 is 0 Å². The van der Waals surface area contributed by atoms with E-state index < -0.39 is 11.6 Å². The Morgan fingerprint density at radius 1 is 1.11 bits per heavy atom. The Hall–Kier alpha value is -2.64. The predicted molar refractivity (Wildman–Crippen MR) is 100 cm³/mol. The van der Waals surface area contributed by atoms with E-state index in [1.165, 1.54) is 22.9 Å². The molecule has 2 N–H and O–H groups in total. The SMILES string of the molecule is COc1ccc(C2(O)CCN(CCn3cc(C(=O)O)ccc3=O)CC2)cc1. The molecule has 1 aromatic carbocycles. The molecule has 1 aliphatic heterocycles. The molecule has 0 amide bonds. The third-order valence-electron chi connectivity index (χ3n) is 5.20. The molecule has 0 radical (unpaired) electrons. The molecule has 0 atom stereocenters. The fourth-order valence-corrected chi connectivity index (χ4v) is 3.42. The number of methoxy groups -OCH3 is 1. The highest BCUT2D eigenvalue weighted by Gasteiger charge is 2.33. The summed E-state index contributed by atoms with van der Waals surface area (Å²) in [4.78, 5) is 25.1. The molecule has 2 heterocycles. The summed E-state index contributed by atoms with van der Waals surface area (Å²) in [5, 5.41) is 20.0. The Bertz CT molecular complexity index is 851. The van der Waals surface area contributed by atoms with Crippen LogP contribution in [0.25, 0.3) is 0 Å².